The summed E-state index contributed by atoms with van der Waals surface area (Å²) in [6.07, 6.45) is 2.23. The minimum Gasteiger partial charge on any atom is -0.493 e. The normalized spacial score (nSPS) is 14.0. The fourth-order valence-electron chi connectivity index (χ4n) is 4.18. The van der Waals surface area contributed by atoms with Gasteiger partial charge in [0.15, 0.2) is 11.5 Å². The van der Waals surface area contributed by atoms with Crippen LogP contribution in [0, 0.1) is 5.82 Å². The van der Waals surface area contributed by atoms with Crippen LogP contribution in [0.2, 0.25) is 5.02 Å². The first-order valence-corrected chi connectivity index (χ1v) is 11.7. The molecule has 1 N–H and O–H groups in total. The van der Waals surface area contributed by atoms with E-state index in [1.165, 1.54) is 11.6 Å². The van der Waals surface area contributed by atoms with Crippen molar-refractivity contribution in [1.82, 2.24) is 10.2 Å². The van der Waals surface area contributed by atoms with E-state index in [-0.39, 0.29) is 37.2 Å². The summed E-state index contributed by atoms with van der Waals surface area (Å²) in [7, 11) is 1.58. The molecule has 1 fully saturated rings. The summed E-state index contributed by atoms with van der Waals surface area (Å²) in [6.45, 7) is 3.96. The highest BCUT2D eigenvalue weighted by molar-refractivity contribution is 6.32. The number of ether oxygens (including phenoxy) is 2. The van der Waals surface area contributed by atoms with E-state index >= 15 is 0 Å². The van der Waals surface area contributed by atoms with Gasteiger partial charge in [-0.05, 0) is 55.3 Å². The van der Waals surface area contributed by atoms with Crippen molar-refractivity contribution in [1.29, 1.82) is 0 Å². The van der Waals surface area contributed by atoms with Crippen molar-refractivity contribution in [2.24, 2.45) is 0 Å². The van der Waals surface area contributed by atoms with E-state index in [2.05, 4.69) is 40.5 Å². The molecule has 190 valence electrons. The van der Waals surface area contributed by atoms with Gasteiger partial charge in [-0.1, -0.05) is 60.1 Å². The van der Waals surface area contributed by atoms with Crippen molar-refractivity contribution in [3.05, 3.63) is 94.3 Å². The summed E-state index contributed by atoms with van der Waals surface area (Å²) in [5.74, 6) is 0.678. The Labute approximate surface area is 224 Å². The Morgan fingerprint density at radius 1 is 0.971 bits per heavy atom. The first kappa shape index (κ1) is 29.2. The molecule has 0 aromatic heterocycles. The minimum atomic E-state index is -0.303. The van der Waals surface area contributed by atoms with Gasteiger partial charge >= 0.3 is 0 Å². The molecule has 0 saturated carbocycles. The maximum absolute atomic E-state index is 13.9. The molecule has 3 aromatic rings. The summed E-state index contributed by atoms with van der Waals surface area (Å²) in [5, 5.41) is 4.11. The Balaban J connectivity index is 0.00000216. The van der Waals surface area contributed by atoms with Crippen molar-refractivity contribution in [2.75, 3.05) is 20.2 Å². The molecular weight excluding hydrogens is 510 g/mol. The highest BCUT2D eigenvalue weighted by Crippen LogP contribution is 2.37. The molecule has 4 rings (SSSR count). The number of benzene rings is 3. The van der Waals surface area contributed by atoms with Gasteiger partial charge in [0.1, 0.15) is 12.4 Å². The van der Waals surface area contributed by atoms with E-state index in [1.54, 1.807) is 25.3 Å². The van der Waals surface area contributed by atoms with E-state index in [0.717, 1.165) is 38.0 Å². The molecule has 0 atom stereocenters. The lowest BCUT2D eigenvalue weighted by Crippen LogP contribution is -2.41. The molecule has 0 spiro atoms. The monoisotopic (exact) mass is 540 g/mol. The topological polar surface area (TPSA) is 33.7 Å². The zero-order valence-corrected chi connectivity index (χ0v) is 22.1. The second-order valence-electron chi connectivity index (χ2n) is 8.41. The van der Waals surface area contributed by atoms with Crippen LogP contribution in [-0.2, 0) is 19.7 Å². The highest BCUT2D eigenvalue weighted by atomic mass is 35.5. The molecule has 1 saturated heterocycles. The molecule has 4 nitrogen and oxygen atoms in total. The third kappa shape index (κ3) is 8.26. The van der Waals surface area contributed by atoms with Crippen LogP contribution in [0.5, 0.6) is 11.5 Å². The fraction of sp³-hybridized carbons (Fsp3) is 0.333. The minimum absolute atomic E-state index is 0. The van der Waals surface area contributed by atoms with E-state index < -0.39 is 0 Å². The predicted octanol–water partition coefficient (Wildman–Crippen LogP) is 6.66. The van der Waals surface area contributed by atoms with Gasteiger partial charge in [0.2, 0.25) is 0 Å². The Hall–Kier alpha value is -2.02. The van der Waals surface area contributed by atoms with Crippen LogP contribution in [0.15, 0.2) is 66.7 Å². The third-order valence-electron chi connectivity index (χ3n) is 6.05. The van der Waals surface area contributed by atoms with Crippen LogP contribution in [0.3, 0.4) is 0 Å². The molecule has 35 heavy (non-hydrogen) atoms. The summed E-state index contributed by atoms with van der Waals surface area (Å²) in [5.41, 5.74) is 2.87. The van der Waals surface area contributed by atoms with Crippen LogP contribution in [-0.4, -0.2) is 31.1 Å². The average Bonchev–Trinajstić information content (AvgIpc) is 2.84. The van der Waals surface area contributed by atoms with Gasteiger partial charge in [-0.15, -0.1) is 24.8 Å². The number of likely N-dealkylation sites (tertiary alicyclic amines) is 1. The smallest absolute Gasteiger partial charge is 0.180 e. The first-order chi connectivity index (χ1) is 16.1. The summed E-state index contributed by atoms with van der Waals surface area (Å²) in [6, 6.07) is 21.5. The Bertz CT molecular complexity index is 1050. The number of rotatable bonds is 9. The maximum Gasteiger partial charge on any atom is 0.180 e. The maximum atomic E-state index is 13.9. The number of methoxy groups -OCH3 is 1. The molecule has 0 radical (unpaired) electrons. The zero-order chi connectivity index (χ0) is 23.0. The molecule has 8 heteroatoms. The summed E-state index contributed by atoms with van der Waals surface area (Å²) >= 11 is 6.50. The quantitative estimate of drug-likeness (QED) is 0.328. The van der Waals surface area contributed by atoms with Gasteiger partial charge in [0.25, 0.3) is 0 Å². The number of hydrogen-bond acceptors (Lipinski definition) is 4. The molecule has 0 unspecified atom stereocenters. The number of piperidine rings is 1. The highest BCUT2D eigenvalue weighted by Gasteiger charge is 2.19. The molecule has 3 aromatic carbocycles. The van der Waals surface area contributed by atoms with E-state index in [0.29, 0.717) is 34.7 Å². The van der Waals surface area contributed by atoms with Crippen molar-refractivity contribution >= 4 is 36.4 Å². The second-order valence-corrected chi connectivity index (χ2v) is 8.81. The standard InChI is InChI=1S/C27H30ClFN2O2.2ClH/c1-32-26-16-21(15-24(28)27(26)33-19-22-9-5-6-10-25(22)29)17-30-23-11-13-31(14-12-23)18-20-7-3-2-4-8-20;;/h2-10,15-16,23,30H,11-14,17-19H2,1H3;2*1H. The van der Waals surface area contributed by atoms with Crippen LogP contribution < -0.4 is 14.8 Å². The van der Waals surface area contributed by atoms with Crippen molar-refractivity contribution in [3.63, 3.8) is 0 Å². The van der Waals surface area contributed by atoms with Crippen molar-refractivity contribution < 1.29 is 13.9 Å². The number of nitrogens with one attached hydrogen (secondary N) is 1. The molecule has 0 bridgehead atoms. The zero-order valence-electron chi connectivity index (χ0n) is 19.7. The Morgan fingerprint density at radius 2 is 1.66 bits per heavy atom. The second kappa shape index (κ2) is 14.5. The molecule has 1 aliphatic rings. The molecular formula is C27H32Cl3FN2O2. The Kier molecular flexibility index (Phi) is 12.1. The number of halogens is 4. The van der Waals surface area contributed by atoms with Crippen molar-refractivity contribution in [2.45, 2.75) is 38.6 Å². The van der Waals surface area contributed by atoms with E-state index in [9.17, 15) is 4.39 Å². The van der Waals surface area contributed by atoms with Crippen LogP contribution in [0.25, 0.3) is 0 Å². The third-order valence-corrected chi connectivity index (χ3v) is 6.33. The van der Waals surface area contributed by atoms with Gasteiger partial charge in [0.05, 0.1) is 12.1 Å². The molecule has 0 amide bonds. The lowest BCUT2D eigenvalue weighted by atomic mass is 10.0. The van der Waals surface area contributed by atoms with E-state index in [1.807, 2.05) is 12.1 Å². The van der Waals surface area contributed by atoms with Crippen molar-refractivity contribution in [3.8, 4) is 11.5 Å². The van der Waals surface area contributed by atoms with Gasteiger partial charge in [-0.2, -0.15) is 0 Å². The lowest BCUT2D eigenvalue weighted by Gasteiger charge is -2.32. The summed E-state index contributed by atoms with van der Waals surface area (Å²) < 4.78 is 25.2. The van der Waals surface area contributed by atoms with Crippen LogP contribution in [0.1, 0.15) is 29.5 Å². The summed E-state index contributed by atoms with van der Waals surface area (Å²) in [4.78, 5) is 2.51. The Morgan fingerprint density at radius 3 is 2.34 bits per heavy atom. The van der Waals surface area contributed by atoms with Crippen LogP contribution >= 0.6 is 36.4 Å². The lowest BCUT2D eigenvalue weighted by molar-refractivity contribution is 0.190. The fourth-order valence-corrected chi connectivity index (χ4v) is 4.47. The SMILES string of the molecule is COc1cc(CNC2CCN(Cc3ccccc3)CC2)cc(Cl)c1OCc1ccccc1F.Cl.Cl. The van der Waals surface area contributed by atoms with E-state index in [4.69, 9.17) is 21.1 Å². The average molecular weight is 542 g/mol. The van der Waals surface area contributed by atoms with Gasteiger partial charge in [-0.3, -0.25) is 4.90 Å². The number of hydrogen-bond donors (Lipinski definition) is 1. The molecule has 1 aliphatic heterocycles. The predicted molar refractivity (Wildman–Crippen MR) is 145 cm³/mol. The van der Waals surface area contributed by atoms with Crippen LogP contribution in [0.4, 0.5) is 4.39 Å². The number of nitrogens with zero attached hydrogens (tertiary/aromatic N) is 1. The largest absolute Gasteiger partial charge is 0.493 e. The molecule has 1 heterocycles. The first-order valence-electron chi connectivity index (χ1n) is 11.3. The van der Waals surface area contributed by atoms with Gasteiger partial charge in [-0.25, -0.2) is 4.39 Å². The van der Waals surface area contributed by atoms with Gasteiger partial charge in [0, 0.05) is 24.7 Å². The van der Waals surface area contributed by atoms with Gasteiger partial charge < -0.3 is 14.8 Å². The molecule has 0 aliphatic carbocycles.